The van der Waals surface area contributed by atoms with Crippen LogP contribution in [0.3, 0.4) is 0 Å². The monoisotopic (exact) mass is 332 g/mol. The average Bonchev–Trinajstić information content (AvgIpc) is 3.27. The van der Waals surface area contributed by atoms with Gasteiger partial charge in [0.2, 0.25) is 0 Å². The Morgan fingerprint density at radius 1 is 0.577 bits per heavy atom. The highest BCUT2D eigenvalue weighted by Gasteiger charge is 2.16. The largest absolute Gasteiger partial charge is 0.361 e. The van der Waals surface area contributed by atoms with Crippen molar-refractivity contribution in [2.24, 2.45) is 0 Å². The van der Waals surface area contributed by atoms with E-state index in [1.165, 1.54) is 54.6 Å². The molecule has 2 N–H and O–H groups in total. The van der Waals surface area contributed by atoms with Crippen LogP contribution < -0.4 is 0 Å². The minimum absolute atomic E-state index is 1.17. The minimum atomic E-state index is 1.17. The number of H-pyrrole nitrogens is 2. The van der Waals surface area contributed by atoms with E-state index in [1.807, 2.05) is 0 Å². The Morgan fingerprint density at radius 2 is 1.27 bits per heavy atom. The molecule has 2 heterocycles. The lowest BCUT2D eigenvalue weighted by atomic mass is 9.93. The molecule has 6 aromatic rings. The van der Waals surface area contributed by atoms with E-state index in [0.717, 1.165) is 0 Å². The molecule has 2 heteroatoms. The highest BCUT2D eigenvalue weighted by atomic mass is 14.7. The van der Waals surface area contributed by atoms with Gasteiger partial charge in [0.15, 0.2) is 0 Å². The Bertz CT molecular complexity index is 1430. The number of benzene rings is 4. The minimum Gasteiger partial charge on any atom is -0.361 e. The second-order valence-electron chi connectivity index (χ2n) is 6.81. The SMILES string of the molecule is c1ccc2c(-c3c[nH]c4ccccc34)c3c(cc2c1)[nH]c1ccccc13. The first kappa shape index (κ1) is 13.7. The van der Waals surface area contributed by atoms with Crippen molar-refractivity contribution < 1.29 is 0 Å². The number of rotatable bonds is 1. The summed E-state index contributed by atoms with van der Waals surface area (Å²) in [4.78, 5) is 7.06. The molecule has 0 spiro atoms. The van der Waals surface area contributed by atoms with Gasteiger partial charge in [0, 0.05) is 50.0 Å². The van der Waals surface area contributed by atoms with E-state index < -0.39 is 0 Å². The van der Waals surface area contributed by atoms with E-state index in [4.69, 9.17) is 0 Å². The summed E-state index contributed by atoms with van der Waals surface area (Å²) in [6.07, 6.45) is 2.15. The number of para-hydroxylation sites is 2. The van der Waals surface area contributed by atoms with Gasteiger partial charge < -0.3 is 9.97 Å². The molecule has 0 saturated carbocycles. The maximum atomic E-state index is 3.61. The van der Waals surface area contributed by atoms with Crippen molar-refractivity contribution in [3.63, 3.8) is 0 Å². The molecule has 0 aliphatic heterocycles. The van der Waals surface area contributed by atoms with Crippen molar-refractivity contribution in [1.29, 1.82) is 0 Å². The fraction of sp³-hybridized carbons (Fsp3) is 0. The molecule has 4 aromatic carbocycles. The predicted molar refractivity (Wildman–Crippen MR) is 111 cm³/mol. The van der Waals surface area contributed by atoms with E-state index in [2.05, 4.69) is 95.0 Å². The van der Waals surface area contributed by atoms with Gasteiger partial charge in [-0.3, -0.25) is 0 Å². The molecule has 0 aliphatic rings. The molecule has 0 unspecified atom stereocenters. The summed E-state index contributed by atoms with van der Waals surface area (Å²) in [5, 5.41) is 6.37. The maximum Gasteiger partial charge on any atom is 0.0477 e. The number of nitrogens with one attached hydrogen (secondary N) is 2. The molecule has 0 atom stereocenters. The van der Waals surface area contributed by atoms with Gasteiger partial charge in [0.1, 0.15) is 0 Å². The fourth-order valence-electron chi connectivity index (χ4n) is 4.24. The second-order valence-corrected chi connectivity index (χ2v) is 6.81. The molecule has 0 amide bonds. The molecule has 0 fully saturated rings. The molecule has 0 radical (unpaired) electrons. The Balaban J connectivity index is 1.91. The third-order valence-corrected chi connectivity index (χ3v) is 5.37. The van der Waals surface area contributed by atoms with Gasteiger partial charge in [-0.25, -0.2) is 0 Å². The molecular formula is C24H16N2. The normalized spacial score (nSPS) is 11.8. The third kappa shape index (κ3) is 1.76. The van der Waals surface area contributed by atoms with Crippen molar-refractivity contribution in [1.82, 2.24) is 9.97 Å². The van der Waals surface area contributed by atoms with E-state index in [1.54, 1.807) is 0 Å². The summed E-state index contributed by atoms with van der Waals surface area (Å²) in [7, 11) is 0. The van der Waals surface area contributed by atoms with Gasteiger partial charge >= 0.3 is 0 Å². The van der Waals surface area contributed by atoms with E-state index in [9.17, 15) is 0 Å². The van der Waals surface area contributed by atoms with Crippen LogP contribution in [0.25, 0.3) is 54.6 Å². The Morgan fingerprint density at radius 3 is 2.15 bits per heavy atom. The van der Waals surface area contributed by atoms with Gasteiger partial charge in [-0.15, -0.1) is 0 Å². The van der Waals surface area contributed by atoms with Crippen LogP contribution in [-0.2, 0) is 0 Å². The molecule has 0 aliphatic carbocycles. The zero-order valence-electron chi connectivity index (χ0n) is 14.1. The summed E-state index contributed by atoms with van der Waals surface area (Å²) in [6.45, 7) is 0. The first-order valence-corrected chi connectivity index (χ1v) is 8.89. The van der Waals surface area contributed by atoms with E-state index in [-0.39, 0.29) is 0 Å². The van der Waals surface area contributed by atoms with Gasteiger partial charge in [-0.05, 0) is 29.0 Å². The van der Waals surface area contributed by atoms with Crippen molar-refractivity contribution in [2.45, 2.75) is 0 Å². The van der Waals surface area contributed by atoms with Crippen LogP contribution in [0.5, 0.6) is 0 Å². The number of fused-ring (bicyclic) bond motifs is 5. The summed E-state index contributed by atoms with van der Waals surface area (Å²) in [5.74, 6) is 0. The smallest absolute Gasteiger partial charge is 0.0477 e. The predicted octanol–water partition coefficient (Wildman–Crippen LogP) is 6.62. The van der Waals surface area contributed by atoms with Crippen LogP contribution in [0.1, 0.15) is 0 Å². The van der Waals surface area contributed by atoms with Crippen molar-refractivity contribution >= 4 is 43.5 Å². The average molecular weight is 332 g/mol. The van der Waals surface area contributed by atoms with Crippen molar-refractivity contribution in [3.05, 3.63) is 85.1 Å². The lowest BCUT2D eigenvalue weighted by Gasteiger charge is -2.09. The summed E-state index contributed by atoms with van der Waals surface area (Å²) < 4.78 is 0. The van der Waals surface area contributed by atoms with Gasteiger partial charge in [0.25, 0.3) is 0 Å². The molecular weight excluding hydrogens is 316 g/mol. The van der Waals surface area contributed by atoms with Crippen LogP contribution in [0, 0.1) is 0 Å². The van der Waals surface area contributed by atoms with Crippen molar-refractivity contribution in [2.75, 3.05) is 0 Å². The third-order valence-electron chi connectivity index (χ3n) is 5.37. The second kappa shape index (κ2) is 4.99. The lowest BCUT2D eigenvalue weighted by molar-refractivity contribution is 1.48. The zero-order valence-corrected chi connectivity index (χ0v) is 14.1. The first-order chi connectivity index (χ1) is 12.9. The Hall–Kier alpha value is -3.52. The highest BCUT2D eigenvalue weighted by Crippen LogP contribution is 2.42. The lowest BCUT2D eigenvalue weighted by Crippen LogP contribution is -1.83. The number of aromatic amines is 2. The van der Waals surface area contributed by atoms with Crippen LogP contribution in [0.2, 0.25) is 0 Å². The molecule has 6 rings (SSSR count). The Labute approximate surface area is 150 Å². The molecule has 26 heavy (non-hydrogen) atoms. The van der Waals surface area contributed by atoms with Crippen LogP contribution in [0.15, 0.2) is 85.1 Å². The maximum absolute atomic E-state index is 3.61. The van der Waals surface area contributed by atoms with Crippen molar-refractivity contribution in [3.8, 4) is 11.1 Å². The van der Waals surface area contributed by atoms with E-state index >= 15 is 0 Å². The molecule has 2 aromatic heterocycles. The Kier molecular flexibility index (Phi) is 2.64. The summed E-state index contributed by atoms with van der Waals surface area (Å²) >= 11 is 0. The molecule has 0 bridgehead atoms. The highest BCUT2D eigenvalue weighted by molar-refractivity contribution is 6.24. The van der Waals surface area contributed by atoms with Gasteiger partial charge in [0.05, 0.1) is 0 Å². The number of hydrogen-bond acceptors (Lipinski definition) is 0. The van der Waals surface area contributed by atoms with Crippen LogP contribution in [-0.4, -0.2) is 9.97 Å². The van der Waals surface area contributed by atoms with Crippen LogP contribution in [0.4, 0.5) is 0 Å². The molecule has 2 nitrogen and oxygen atoms in total. The van der Waals surface area contributed by atoms with Gasteiger partial charge in [-0.2, -0.15) is 0 Å². The van der Waals surface area contributed by atoms with Gasteiger partial charge in [-0.1, -0.05) is 60.7 Å². The quantitative estimate of drug-likeness (QED) is 0.339. The van der Waals surface area contributed by atoms with E-state index in [0.29, 0.717) is 0 Å². The zero-order chi connectivity index (χ0) is 17.1. The standard InChI is InChI=1S/C24H16N2/c1-2-8-16-15(7-1)13-22-24(18-10-4-6-12-21(18)26-22)23(16)19-14-25-20-11-5-3-9-17(19)20/h1-14,25-26H. The first-order valence-electron chi connectivity index (χ1n) is 8.89. The fourth-order valence-corrected chi connectivity index (χ4v) is 4.24. The number of hydrogen-bond donors (Lipinski definition) is 2. The van der Waals surface area contributed by atoms with Crippen LogP contribution >= 0.6 is 0 Å². The summed E-state index contributed by atoms with van der Waals surface area (Å²) in [5.41, 5.74) is 6.09. The topological polar surface area (TPSA) is 31.6 Å². The number of aromatic nitrogens is 2. The molecule has 122 valence electrons. The molecule has 0 saturated heterocycles. The summed E-state index contributed by atoms with van der Waals surface area (Å²) in [6, 6.07) is 28.0.